The fraction of sp³-hybridized carbons (Fsp3) is 0.941. The minimum Gasteiger partial charge on any atom is -0.357 e. The maximum Gasteiger partial charge on any atom is 0.191 e. The van der Waals surface area contributed by atoms with Crippen LogP contribution in [0.4, 0.5) is 0 Å². The molecule has 0 amide bonds. The molecule has 1 unspecified atom stereocenters. The van der Waals surface area contributed by atoms with E-state index < -0.39 is 0 Å². The number of rotatable bonds is 9. The summed E-state index contributed by atoms with van der Waals surface area (Å²) in [5.74, 6) is 1.73. The molecule has 0 aliphatic carbocycles. The van der Waals surface area contributed by atoms with Crippen LogP contribution in [0.25, 0.3) is 0 Å². The molecule has 4 heteroatoms. The zero-order valence-corrected chi connectivity index (χ0v) is 14.5. The molecule has 1 aliphatic heterocycles. The monoisotopic (exact) mass is 296 g/mol. The molecule has 0 spiro atoms. The van der Waals surface area contributed by atoms with Crippen LogP contribution in [0.2, 0.25) is 0 Å². The molecule has 1 heterocycles. The van der Waals surface area contributed by atoms with Crippen molar-refractivity contribution in [3.63, 3.8) is 0 Å². The summed E-state index contributed by atoms with van der Waals surface area (Å²) in [5, 5.41) is 6.83. The fourth-order valence-electron chi connectivity index (χ4n) is 2.91. The van der Waals surface area contributed by atoms with Gasteiger partial charge in [-0.25, -0.2) is 0 Å². The van der Waals surface area contributed by atoms with Crippen molar-refractivity contribution in [2.45, 2.75) is 59.3 Å². The lowest BCUT2D eigenvalue weighted by Gasteiger charge is -2.31. The molecule has 0 saturated carbocycles. The second kappa shape index (κ2) is 11.8. The predicted octanol–water partition coefficient (Wildman–Crippen LogP) is 2.85. The largest absolute Gasteiger partial charge is 0.357 e. The first kappa shape index (κ1) is 18.3. The van der Waals surface area contributed by atoms with E-state index in [1.54, 1.807) is 0 Å². The summed E-state index contributed by atoms with van der Waals surface area (Å²) in [4.78, 5) is 7.34. The number of nitrogens with one attached hydrogen (secondary N) is 2. The Morgan fingerprint density at radius 1 is 1.14 bits per heavy atom. The number of likely N-dealkylation sites (tertiary alicyclic amines) is 1. The maximum atomic E-state index is 4.79. The summed E-state index contributed by atoms with van der Waals surface area (Å²) in [6.07, 6.45) is 7.85. The van der Waals surface area contributed by atoms with Gasteiger partial charge in [0, 0.05) is 26.2 Å². The van der Waals surface area contributed by atoms with Crippen molar-refractivity contribution in [3.8, 4) is 0 Å². The number of guanidine groups is 1. The number of hydrogen-bond donors (Lipinski definition) is 2. The summed E-state index contributed by atoms with van der Waals surface area (Å²) in [6, 6.07) is 0. The quantitative estimate of drug-likeness (QED) is 0.390. The van der Waals surface area contributed by atoms with E-state index in [1.165, 1.54) is 58.2 Å². The van der Waals surface area contributed by atoms with Gasteiger partial charge in [-0.1, -0.05) is 33.1 Å². The van der Waals surface area contributed by atoms with E-state index >= 15 is 0 Å². The normalized spacial score (nSPS) is 20.5. The first-order chi connectivity index (χ1) is 10.3. The summed E-state index contributed by atoms with van der Waals surface area (Å²) < 4.78 is 0. The number of unbranched alkanes of at least 4 members (excludes halogenated alkanes) is 3. The van der Waals surface area contributed by atoms with Gasteiger partial charge in [-0.05, 0) is 45.2 Å². The smallest absolute Gasteiger partial charge is 0.191 e. The van der Waals surface area contributed by atoms with Gasteiger partial charge in [0.1, 0.15) is 0 Å². The van der Waals surface area contributed by atoms with Crippen LogP contribution in [-0.2, 0) is 0 Å². The molecule has 1 atom stereocenters. The lowest BCUT2D eigenvalue weighted by Crippen LogP contribution is -2.40. The van der Waals surface area contributed by atoms with E-state index in [1.807, 2.05) is 0 Å². The second-order valence-electron chi connectivity index (χ2n) is 6.11. The predicted molar refractivity (Wildman–Crippen MR) is 93.0 cm³/mol. The van der Waals surface area contributed by atoms with E-state index in [-0.39, 0.29) is 0 Å². The van der Waals surface area contributed by atoms with Crippen LogP contribution in [-0.4, -0.2) is 50.1 Å². The van der Waals surface area contributed by atoms with Gasteiger partial charge >= 0.3 is 0 Å². The topological polar surface area (TPSA) is 39.7 Å². The van der Waals surface area contributed by atoms with Crippen molar-refractivity contribution in [2.75, 3.05) is 39.3 Å². The molecule has 0 aromatic rings. The van der Waals surface area contributed by atoms with E-state index in [2.05, 4.69) is 36.3 Å². The Hall–Kier alpha value is -0.770. The zero-order valence-electron chi connectivity index (χ0n) is 14.5. The molecule has 1 aliphatic rings. The van der Waals surface area contributed by atoms with Gasteiger partial charge in [-0.2, -0.15) is 0 Å². The Kier molecular flexibility index (Phi) is 10.3. The van der Waals surface area contributed by atoms with Crippen LogP contribution in [0.3, 0.4) is 0 Å². The van der Waals surface area contributed by atoms with Crippen LogP contribution < -0.4 is 10.6 Å². The number of aliphatic imine (C=N–C) groups is 1. The highest BCUT2D eigenvalue weighted by Gasteiger charge is 2.18. The lowest BCUT2D eigenvalue weighted by molar-refractivity contribution is 0.186. The molecule has 2 N–H and O–H groups in total. The number of piperidine rings is 1. The first-order valence-corrected chi connectivity index (χ1v) is 9.04. The maximum absolute atomic E-state index is 4.79. The minimum absolute atomic E-state index is 0.731. The second-order valence-corrected chi connectivity index (χ2v) is 6.11. The SMILES string of the molecule is CCCCCCNC(=NCC1CCCN(CC)C1)NCC. The molecular weight excluding hydrogens is 260 g/mol. The highest BCUT2D eigenvalue weighted by atomic mass is 15.2. The molecule has 0 aromatic carbocycles. The third-order valence-electron chi connectivity index (χ3n) is 4.22. The van der Waals surface area contributed by atoms with Crippen LogP contribution in [0.15, 0.2) is 4.99 Å². The molecule has 0 radical (unpaired) electrons. The van der Waals surface area contributed by atoms with Crippen molar-refractivity contribution in [1.29, 1.82) is 0 Å². The summed E-state index contributed by atoms with van der Waals surface area (Å²) in [7, 11) is 0. The molecular formula is C17H36N4. The van der Waals surface area contributed by atoms with Crippen molar-refractivity contribution >= 4 is 5.96 Å². The van der Waals surface area contributed by atoms with Crippen LogP contribution in [0, 0.1) is 5.92 Å². The van der Waals surface area contributed by atoms with E-state index in [0.29, 0.717) is 0 Å². The van der Waals surface area contributed by atoms with Gasteiger partial charge in [0.05, 0.1) is 0 Å². The first-order valence-electron chi connectivity index (χ1n) is 9.04. The van der Waals surface area contributed by atoms with Crippen LogP contribution in [0.5, 0.6) is 0 Å². The Labute approximate surface area is 131 Å². The molecule has 1 fully saturated rings. The van der Waals surface area contributed by atoms with Crippen molar-refractivity contribution in [1.82, 2.24) is 15.5 Å². The standard InChI is InChI=1S/C17H36N4/c1-4-7-8-9-12-19-17(18-5-2)20-14-16-11-10-13-21(6-3)15-16/h16H,4-15H2,1-3H3,(H2,18,19,20). The highest BCUT2D eigenvalue weighted by molar-refractivity contribution is 5.79. The van der Waals surface area contributed by atoms with Crippen molar-refractivity contribution in [3.05, 3.63) is 0 Å². The number of nitrogens with zero attached hydrogens (tertiary/aromatic N) is 2. The third-order valence-corrected chi connectivity index (χ3v) is 4.22. The Balaban J connectivity index is 2.29. The molecule has 0 aromatic heterocycles. The van der Waals surface area contributed by atoms with Crippen LogP contribution >= 0.6 is 0 Å². The van der Waals surface area contributed by atoms with Gasteiger partial charge in [-0.3, -0.25) is 4.99 Å². The molecule has 4 nitrogen and oxygen atoms in total. The molecule has 124 valence electrons. The fourth-order valence-corrected chi connectivity index (χ4v) is 2.91. The lowest BCUT2D eigenvalue weighted by atomic mass is 9.98. The zero-order chi connectivity index (χ0) is 15.3. The molecule has 1 rings (SSSR count). The Morgan fingerprint density at radius 3 is 2.71 bits per heavy atom. The van der Waals surface area contributed by atoms with Gasteiger partial charge in [0.15, 0.2) is 5.96 Å². The third kappa shape index (κ3) is 8.30. The molecule has 1 saturated heterocycles. The molecule has 21 heavy (non-hydrogen) atoms. The number of hydrogen-bond acceptors (Lipinski definition) is 2. The van der Waals surface area contributed by atoms with Gasteiger partial charge in [0.25, 0.3) is 0 Å². The summed E-state index contributed by atoms with van der Waals surface area (Å²) in [6.45, 7) is 13.2. The van der Waals surface area contributed by atoms with Crippen molar-refractivity contribution in [2.24, 2.45) is 10.9 Å². The van der Waals surface area contributed by atoms with E-state index in [4.69, 9.17) is 4.99 Å². The summed E-state index contributed by atoms with van der Waals surface area (Å²) >= 11 is 0. The van der Waals surface area contributed by atoms with E-state index in [0.717, 1.165) is 31.5 Å². The van der Waals surface area contributed by atoms with Crippen molar-refractivity contribution < 1.29 is 0 Å². The van der Waals surface area contributed by atoms with Gasteiger partial charge in [-0.15, -0.1) is 0 Å². The minimum atomic E-state index is 0.731. The van der Waals surface area contributed by atoms with Crippen LogP contribution in [0.1, 0.15) is 59.3 Å². The summed E-state index contributed by atoms with van der Waals surface area (Å²) in [5.41, 5.74) is 0. The van der Waals surface area contributed by atoms with E-state index in [9.17, 15) is 0 Å². The van der Waals surface area contributed by atoms with Gasteiger partial charge in [0.2, 0.25) is 0 Å². The Bertz CT molecular complexity index is 278. The van der Waals surface area contributed by atoms with Gasteiger partial charge < -0.3 is 15.5 Å². The Morgan fingerprint density at radius 2 is 2.00 bits per heavy atom. The average Bonchev–Trinajstić information content (AvgIpc) is 2.52. The molecule has 0 bridgehead atoms. The highest BCUT2D eigenvalue weighted by Crippen LogP contribution is 2.16. The average molecular weight is 297 g/mol.